The number of halogens is 3. The zero-order valence-corrected chi connectivity index (χ0v) is 13.2. The van der Waals surface area contributed by atoms with Crippen LogP contribution in [0.25, 0.3) is 0 Å². The van der Waals surface area contributed by atoms with E-state index >= 15 is 0 Å². The zero-order chi connectivity index (χ0) is 15.9. The molecule has 0 aliphatic heterocycles. The van der Waals surface area contributed by atoms with Crippen LogP contribution in [0.2, 0.25) is 5.02 Å². The number of nitrogens with zero attached hydrogens (tertiary/aromatic N) is 1. The van der Waals surface area contributed by atoms with Gasteiger partial charge in [0.2, 0.25) is 0 Å². The summed E-state index contributed by atoms with van der Waals surface area (Å²) in [4.78, 5) is -0.446. The Morgan fingerprint density at radius 3 is 2.32 bits per heavy atom. The molecular formula is C17H12Cl2FNO. The number of alkyl halides is 1. The lowest BCUT2D eigenvalue weighted by atomic mass is 10.0. The summed E-state index contributed by atoms with van der Waals surface area (Å²) in [5, 5.41) is 8.60. The van der Waals surface area contributed by atoms with Crippen molar-refractivity contribution in [1.82, 2.24) is 0 Å². The van der Waals surface area contributed by atoms with E-state index in [1.807, 2.05) is 19.1 Å². The second kappa shape index (κ2) is 5.46. The molecule has 1 fully saturated rings. The van der Waals surface area contributed by atoms with E-state index in [4.69, 9.17) is 33.2 Å². The minimum absolute atomic E-state index is 0.0648. The Morgan fingerprint density at radius 2 is 1.73 bits per heavy atom. The van der Waals surface area contributed by atoms with Gasteiger partial charge in [0.05, 0.1) is 9.90 Å². The Hall–Kier alpha value is -1.76. The van der Waals surface area contributed by atoms with Crippen molar-refractivity contribution in [3.05, 3.63) is 64.4 Å². The molecule has 2 aromatic rings. The van der Waals surface area contributed by atoms with Crippen LogP contribution in [0, 0.1) is 17.3 Å². The van der Waals surface area contributed by atoms with Gasteiger partial charge in [-0.2, -0.15) is 0 Å². The van der Waals surface area contributed by atoms with Crippen LogP contribution in [0.3, 0.4) is 0 Å². The van der Waals surface area contributed by atoms with Crippen LogP contribution in [0.4, 0.5) is 4.39 Å². The predicted molar refractivity (Wildman–Crippen MR) is 83.8 cm³/mol. The molecule has 3 unspecified atom stereocenters. The Labute approximate surface area is 138 Å². The molecule has 0 N–H and O–H groups in total. The van der Waals surface area contributed by atoms with Crippen LogP contribution in [0.1, 0.15) is 29.9 Å². The number of benzene rings is 2. The van der Waals surface area contributed by atoms with Crippen molar-refractivity contribution < 1.29 is 9.13 Å². The highest BCUT2D eigenvalue weighted by atomic mass is 35.5. The topological polar surface area (TPSA) is 33.0 Å². The third-order valence-corrected chi connectivity index (χ3v) is 4.91. The number of hydrogen-bond acceptors (Lipinski definition) is 2. The first kappa shape index (κ1) is 15.1. The molecule has 3 rings (SSSR count). The van der Waals surface area contributed by atoms with Gasteiger partial charge in [0.25, 0.3) is 6.26 Å². The Morgan fingerprint density at radius 1 is 1.14 bits per heavy atom. The molecule has 3 atom stereocenters. The monoisotopic (exact) mass is 335 g/mol. The SMILES string of the molecule is CC1(Cl)C(c2ccc(OC#N)cc2)C1c1ccc(F)c(Cl)c1. The molecule has 2 aromatic carbocycles. The molecule has 0 bridgehead atoms. The predicted octanol–water partition coefficient (Wildman–Crippen LogP) is 5.22. The number of rotatable bonds is 3. The van der Waals surface area contributed by atoms with Crippen molar-refractivity contribution in [2.24, 2.45) is 0 Å². The molecule has 0 heterocycles. The quantitative estimate of drug-likeness (QED) is 0.569. The third-order valence-electron chi connectivity index (χ3n) is 4.15. The highest BCUT2D eigenvalue weighted by Gasteiger charge is 2.61. The van der Waals surface area contributed by atoms with E-state index in [2.05, 4.69) is 0 Å². The summed E-state index contributed by atoms with van der Waals surface area (Å²) in [7, 11) is 0. The molecule has 1 saturated carbocycles. The van der Waals surface area contributed by atoms with Gasteiger partial charge in [0, 0.05) is 11.8 Å². The molecule has 0 spiro atoms. The maximum atomic E-state index is 13.3. The molecule has 112 valence electrons. The lowest BCUT2D eigenvalue weighted by Gasteiger charge is -2.03. The van der Waals surface area contributed by atoms with Crippen LogP contribution in [0.15, 0.2) is 42.5 Å². The second-order valence-corrected chi connectivity index (χ2v) is 6.76. The Bertz CT molecular complexity index is 752. The van der Waals surface area contributed by atoms with E-state index in [0.717, 1.165) is 11.1 Å². The Balaban J connectivity index is 1.88. The van der Waals surface area contributed by atoms with Crippen LogP contribution in [-0.2, 0) is 0 Å². The molecule has 5 heteroatoms. The van der Waals surface area contributed by atoms with Crippen molar-refractivity contribution >= 4 is 23.2 Å². The summed E-state index contributed by atoms with van der Waals surface area (Å²) in [5.41, 5.74) is 1.97. The van der Waals surface area contributed by atoms with Gasteiger partial charge in [-0.15, -0.1) is 16.9 Å². The highest BCUT2D eigenvalue weighted by Crippen LogP contribution is 2.67. The van der Waals surface area contributed by atoms with Crippen LogP contribution < -0.4 is 4.74 Å². The summed E-state index contributed by atoms with van der Waals surface area (Å²) in [5.74, 6) is 0.225. The molecule has 1 aliphatic rings. The second-order valence-electron chi connectivity index (χ2n) is 5.54. The van der Waals surface area contributed by atoms with Gasteiger partial charge in [0.1, 0.15) is 11.6 Å². The molecule has 22 heavy (non-hydrogen) atoms. The van der Waals surface area contributed by atoms with Gasteiger partial charge in [-0.1, -0.05) is 29.8 Å². The standard InChI is InChI=1S/C17H12Cl2FNO/c1-17(19)15(10-2-5-12(6-3-10)22-9-21)16(17)11-4-7-14(20)13(18)8-11/h2-8,15-16H,1H3. The molecule has 0 radical (unpaired) electrons. The van der Waals surface area contributed by atoms with Crippen molar-refractivity contribution in [1.29, 1.82) is 5.26 Å². The minimum atomic E-state index is -0.446. The average Bonchev–Trinajstić information content (AvgIpc) is 3.06. The van der Waals surface area contributed by atoms with E-state index in [1.165, 1.54) is 6.07 Å². The van der Waals surface area contributed by atoms with Crippen molar-refractivity contribution in [2.75, 3.05) is 0 Å². The number of ether oxygens (including phenoxy) is 1. The van der Waals surface area contributed by atoms with Gasteiger partial charge >= 0.3 is 0 Å². The fourth-order valence-electron chi connectivity index (χ4n) is 3.02. The maximum absolute atomic E-state index is 13.3. The van der Waals surface area contributed by atoms with Gasteiger partial charge < -0.3 is 4.74 Å². The first-order chi connectivity index (χ1) is 10.4. The van der Waals surface area contributed by atoms with Crippen molar-refractivity contribution in [3.8, 4) is 12.0 Å². The largest absolute Gasteiger partial charge is 0.388 e. The summed E-state index contributed by atoms with van der Waals surface area (Å²) in [6.45, 7) is 1.96. The summed E-state index contributed by atoms with van der Waals surface area (Å²) in [6, 6.07) is 12.0. The van der Waals surface area contributed by atoms with Gasteiger partial charge in [-0.3, -0.25) is 0 Å². The Kier molecular flexibility index (Phi) is 3.76. The summed E-state index contributed by atoms with van der Waals surface area (Å²) in [6.07, 6.45) is 1.63. The normalized spacial score (nSPS) is 26.3. The lowest BCUT2D eigenvalue weighted by molar-refractivity contribution is 0.507. The smallest absolute Gasteiger partial charge is 0.292 e. The van der Waals surface area contributed by atoms with E-state index < -0.39 is 10.7 Å². The van der Waals surface area contributed by atoms with Crippen LogP contribution >= 0.6 is 23.2 Å². The van der Waals surface area contributed by atoms with Crippen molar-refractivity contribution in [3.63, 3.8) is 0 Å². The first-order valence-corrected chi connectivity index (χ1v) is 7.50. The van der Waals surface area contributed by atoms with Gasteiger partial charge in [-0.05, 0) is 42.3 Å². The molecular weight excluding hydrogens is 324 g/mol. The van der Waals surface area contributed by atoms with E-state index in [9.17, 15) is 4.39 Å². The van der Waals surface area contributed by atoms with Gasteiger partial charge in [-0.25, -0.2) is 4.39 Å². The molecule has 1 aliphatic carbocycles. The van der Waals surface area contributed by atoms with E-state index in [0.29, 0.717) is 5.75 Å². The van der Waals surface area contributed by atoms with Crippen LogP contribution in [-0.4, -0.2) is 4.87 Å². The third kappa shape index (κ3) is 2.54. The molecule has 0 aromatic heterocycles. The average molecular weight is 336 g/mol. The highest BCUT2D eigenvalue weighted by molar-refractivity contribution is 6.31. The fraction of sp³-hybridized carbons (Fsp3) is 0.235. The van der Waals surface area contributed by atoms with Crippen molar-refractivity contribution in [2.45, 2.75) is 23.6 Å². The number of hydrogen-bond donors (Lipinski definition) is 0. The first-order valence-electron chi connectivity index (χ1n) is 6.75. The minimum Gasteiger partial charge on any atom is -0.388 e. The number of nitriles is 1. The lowest BCUT2D eigenvalue weighted by Crippen LogP contribution is -1.95. The maximum Gasteiger partial charge on any atom is 0.292 e. The molecule has 0 saturated heterocycles. The summed E-state index contributed by atoms with van der Waals surface area (Å²) >= 11 is 12.5. The zero-order valence-electron chi connectivity index (χ0n) is 11.7. The van der Waals surface area contributed by atoms with E-state index in [1.54, 1.807) is 30.5 Å². The fourth-order valence-corrected chi connectivity index (χ4v) is 3.65. The molecule has 0 amide bonds. The van der Waals surface area contributed by atoms with Gasteiger partial charge in [0.15, 0.2) is 0 Å². The van der Waals surface area contributed by atoms with Crippen LogP contribution in [0.5, 0.6) is 5.75 Å². The van der Waals surface area contributed by atoms with E-state index in [-0.39, 0.29) is 16.9 Å². The molecule has 2 nitrogen and oxygen atoms in total. The summed E-state index contributed by atoms with van der Waals surface area (Å²) < 4.78 is 18.1.